The molecule has 0 spiro atoms. The Morgan fingerprint density at radius 1 is 1.19 bits per heavy atom. The van der Waals surface area contributed by atoms with Crippen molar-refractivity contribution < 1.29 is 4.74 Å². The van der Waals surface area contributed by atoms with Crippen molar-refractivity contribution in [1.29, 1.82) is 0 Å². The predicted octanol–water partition coefficient (Wildman–Crippen LogP) is 3.20. The van der Waals surface area contributed by atoms with Gasteiger partial charge in [-0.3, -0.25) is 0 Å². The zero-order valence-electron chi connectivity index (χ0n) is 10.6. The summed E-state index contributed by atoms with van der Waals surface area (Å²) >= 11 is 0. The monoisotopic (exact) mass is 219 g/mol. The molecular formula is C14H21NO. The van der Waals surface area contributed by atoms with E-state index in [1.807, 2.05) is 6.07 Å². The third-order valence-electron chi connectivity index (χ3n) is 3.44. The van der Waals surface area contributed by atoms with Crippen molar-refractivity contribution in [3.63, 3.8) is 0 Å². The number of rotatable bonds is 2. The number of anilines is 1. The van der Waals surface area contributed by atoms with E-state index in [4.69, 9.17) is 10.5 Å². The number of hydrogen-bond donors (Lipinski definition) is 1. The molecule has 0 aromatic heterocycles. The first-order chi connectivity index (χ1) is 7.37. The lowest BCUT2D eigenvalue weighted by Crippen LogP contribution is -2.15. The van der Waals surface area contributed by atoms with Crippen molar-refractivity contribution in [2.75, 3.05) is 12.8 Å². The Hall–Kier alpha value is -1.02. The molecule has 1 aromatic carbocycles. The van der Waals surface area contributed by atoms with Crippen LogP contribution in [0.4, 0.5) is 5.69 Å². The van der Waals surface area contributed by atoms with Crippen LogP contribution in [0, 0.1) is 0 Å². The lowest BCUT2D eigenvalue weighted by Gasteiger charge is -2.23. The Morgan fingerprint density at radius 2 is 1.81 bits per heavy atom. The highest BCUT2D eigenvalue weighted by molar-refractivity contribution is 5.49. The van der Waals surface area contributed by atoms with Gasteiger partial charge in [-0.15, -0.1) is 0 Å². The van der Waals surface area contributed by atoms with Gasteiger partial charge in [0.1, 0.15) is 0 Å². The fourth-order valence-corrected chi connectivity index (χ4v) is 2.07. The third kappa shape index (κ3) is 1.94. The summed E-state index contributed by atoms with van der Waals surface area (Å²) in [6.07, 6.45) is 2.22. The number of ether oxygens (including phenoxy) is 1. The fraction of sp³-hybridized carbons (Fsp3) is 0.571. The molecule has 88 valence electrons. The molecule has 0 aliphatic heterocycles. The van der Waals surface area contributed by atoms with E-state index in [9.17, 15) is 0 Å². The molecule has 2 nitrogen and oxygen atoms in total. The smallest absolute Gasteiger partial charge is 0.0930 e. The summed E-state index contributed by atoms with van der Waals surface area (Å²) in [5.41, 5.74) is 9.42. The molecule has 0 saturated heterocycles. The van der Waals surface area contributed by atoms with E-state index in [1.165, 1.54) is 11.1 Å². The minimum Gasteiger partial charge on any atom is -0.399 e. The Labute approximate surface area is 97.8 Å². The van der Waals surface area contributed by atoms with Gasteiger partial charge >= 0.3 is 0 Å². The number of benzene rings is 1. The first kappa shape index (κ1) is 11.5. The van der Waals surface area contributed by atoms with E-state index in [0.29, 0.717) is 0 Å². The molecule has 1 aromatic rings. The number of methoxy groups -OCH3 is 1. The maximum absolute atomic E-state index is 5.98. The maximum Gasteiger partial charge on any atom is 0.0930 e. The highest BCUT2D eigenvalue weighted by Gasteiger charge is 2.45. The molecule has 1 saturated carbocycles. The highest BCUT2D eigenvalue weighted by atomic mass is 16.5. The molecule has 1 aliphatic rings. The Morgan fingerprint density at radius 3 is 2.25 bits per heavy atom. The van der Waals surface area contributed by atoms with Crippen molar-refractivity contribution >= 4 is 5.69 Å². The van der Waals surface area contributed by atoms with E-state index in [-0.39, 0.29) is 11.0 Å². The lowest BCUT2D eigenvalue weighted by atomic mass is 9.85. The van der Waals surface area contributed by atoms with Gasteiger partial charge in [0, 0.05) is 12.8 Å². The van der Waals surface area contributed by atoms with Crippen LogP contribution in [0.1, 0.15) is 44.7 Å². The van der Waals surface area contributed by atoms with E-state index in [0.717, 1.165) is 18.5 Å². The molecule has 0 heterocycles. The standard InChI is InChI=1S/C14H21NO/c1-13(2,3)10-7-11(9-12(15)8-10)14(16-4)5-6-14/h7-9H,5-6,15H2,1-4H3. The van der Waals surface area contributed by atoms with Crippen LogP contribution in [0.25, 0.3) is 0 Å². The molecule has 0 radical (unpaired) electrons. The Balaban J connectivity index is 2.45. The van der Waals surface area contributed by atoms with Crippen LogP contribution in [0.2, 0.25) is 0 Å². The minimum absolute atomic E-state index is 0.0462. The molecular weight excluding hydrogens is 198 g/mol. The molecule has 2 heteroatoms. The summed E-state index contributed by atoms with van der Waals surface area (Å²) < 4.78 is 5.60. The molecule has 16 heavy (non-hydrogen) atoms. The van der Waals surface area contributed by atoms with Gasteiger partial charge in [0.25, 0.3) is 0 Å². The quantitative estimate of drug-likeness (QED) is 0.775. The largest absolute Gasteiger partial charge is 0.399 e. The number of nitrogens with two attached hydrogens (primary N) is 1. The van der Waals surface area contributed by atoms with E-state index in [1.54, 1.807) is 7.11 Å². The summed E-state index contributed by atoms with van der Waals surface area (Å²) in [7, 11) is 1.78. The second-order valence-corrected chi connectivity index (χ2v) is 5.79. The minimum atomic E-state index is -0.0462. The predicted molar refractivity (Wildman–Crippen MR) is 67.5 cm³/mol. The summed E-state index contributed by atoms with van der Waals surface area (Å²) in [6.45, 7) is 6.62. The van der Waals surface area contributed by atoms with E-state index < -0.39 is 0 Å². The molecule has 2 rings (SSSR count). The van der Waals surface area contributed by atoms with Gasteiger partial charge in [0.05, 0.1) is 5.60 Å². The van der Waals surface area contributed by atoms with Crippen LogP contribution in [-0.2, 0) is 15.8 Å². The van der Waals surface area contributed by atoms with Gasteiger partial charge in [-0.1, -0.05) is 26.8 Å². The van der Waals surface area contributed by atoms with Crippen LogP contribution in [0.5, 0.6) is 0 Å². The third-order valence-corrected chi connectivity index (χ3v) is 3.44. The fourth-order valence-electron chi connectivity index (χ4n) is 2.07. The molecule has 0 atom stereocenters. The lowest BCUT2D eigenvalue weighted by molar-refractivity contribution is 0.0788. The van der Waals surface area contributed by atoms with Crippen molar-refractivity contribution in [1.82, 2.24) is 0 Å². The van der Waals surface area contributed by atoms with Crippen LogP contribution >= 0.6 is 0 Å². The molecule has 2 N–H and O–H groups in total. The van der Waals surface area contributed by atoms with Gasteiger partial charge < -0.3 is 10.5 Å². The van der Waals surface area contributed by atoms with Crippen LogP contribution in [-0.4, -0.2) is 7.11 Å². The van der Waals surface area contributed by atoms with Crippen molar-refractivity contribution in [3.8, 4) is 0 Å². The molecule has 0 bridgehead atoms. The zero-order chi connectivity index (χ0) is 12.0. The average Bonchev–Trinajstić information content (AvgIpc) is 2.96. The zero-order valence-corrected chi connectivity index (χ0v) is 10.6. The second-order valence-electron chi connectivity index (χ2n) is 5.79. The Kier molecular flexibility index (Phi) is 2.50. The summed E-state index contributed by atoms with van der Waals surface area (Å²) in [6, 6.07) is 6.35. The van der Waals surface area contributed by atoms with Crippen molar-refractivity contribution in [2.24, 2.45) is 0 Å². The number of nitrogen functional groups attached to an aromatic ring is 1. The molecule has 0 amide bonds. The average molecular weight is 219 g/mol. The van der Waals surface area contributed by atoms with Gasteiger partial charge in [-0.05, 0) is 41.5 Å². The molecule has 0 unspecified atom stereocenters. The molecule has 1 aliphatic carbocycles. The number of hydrogen-bond acceptors (Lipinski definition) is 2. The van der Waals surface area contributed by atoms with E-state index >= 15 is 0 Å². The topological polar surface area (TPSA) is 35.2 Å². The van der Waals surface area contributed by atoms with Crippen LogP contribution < -0.4 is 5.73 Å². The van der Waals surface area contributed by atoms with Crippen LogP contribution in [0.3, 0.4) is 0 Å². The first-order valence-corrected chi connectivity index (χ1v) is 5.84. The van der Waals surface area contributed by atoms with Crippen molar-refractivity contribution in [2.45, 2.75) is 44.6 Å². The van der Waals surface area contributed by atoms with Crippen LogP contribution in [0.15, 0.2) is 18.2 Å². The summed E-state index contributed by atoms with van der Waals surface area (Å²) in [4.78, 5) is 0. The summed E-state index contributed by atoms with van der Waals surface area (Å²) in [5, 5.41) is 0. The Bertz CT molecular complexity index is 400. The van der Waals surface area contributed by atoms with Gasteiger partial charge in [-0.25, -0.2) is 0 Å². The maximum atomic E-state index is 5.98. The van der Waals surface area contributed by atoms with Gasteiger partial charge in [0.15, 0.2) is 0 Å². The van der Waals surface area contributed by atoms with Crippen molar-refractivity contribution in [3.05, 3.63) is 29.3 Å². The molecule has 1 fully saturated rings. The summed E-state index contributed by atoms with van der Waals surface area (Å²) in [5.74, 6) is 0. The first-order valence-electron chi connectivity index (χ1n) is 5.84. The highest BCUT2D eigenvalue weighted by Crippen LogP contribution is 2.49. The van der Waals surface area contributed by atoms with Gasteiger partial charge in [-0.2, -0.15) is 0 Å². The van der Waals surface area contributed by atoms with Gasteiger partial charge in [0.2, 0.25) is 0 Å². The normalized spacial score (nSPS) is 18.5. The SMILES string of the molecule is COC1(c2cc(N)cc(C(C)(C)C)c2)CC1. The van der Waals surface area contributed by atoms with E-state index in [2.05, 4.69) is 32.9 Å². The second kappa shape index (κ2) is 3.49.